The third-order valence-electron chi connectivity index (χ3n) is 6.51. The Morgan fingerprint density at radius 3 is 2.32 bits per heavy atom. The molecule has 0 spiro atoms. The minimum Gasteiger partial charge on any atom is -0.361 e. The number of rotatable bonds is 4. The van der Waals surface area contributed by atoms with Crippen LogP contribution in [0.15, 0.2) is 22.9 Å². The van der Waals surface area contributed by atoms with Gasteiger partial charge in [0.05, 0.1) is 11.3 Å². The van der Waals surface area contributed by atoms with Crippen LogP contribution in [0.25, 0.3) is 0 Å². The zero-order valence-corrected chi connectivity index (χ0v) is 18.6. The summed E-state index contributed by atoms with van der Waals surface area (Å²) in [7, 11) is 2.08. The highest BCUT2D eigenvalue weighted by Crippen LogP contribution is 2.28. The second-order valence-electron chi connectivity index (χ2n) is 8.55. The molecule has 2 aromatic rings. The molecule has 0 bridgehead atoms. The number of amides is 2. The molecule has 2 aliphatic rings. The summed E-state index contributed by atoms with van der Waals surface area (Å²) < 4.78 is 5.23. The third kappa shape index (κ3) is 4.49. The third-order valence-corrected chi connectivity index (χ3v) is 6.51. The summed E-state index contributed by atoms with van der Waals surface area (Å²) >= 11 is 0. The van der Waals surface area contributed by atoms with E-state index in [2.05, 4.69) is 22.1 Å². The zero-order chi connectivity index (χ0) is 22.0. The van der Waals surface area contributed by atoms with Crippen LogP contribution in [0.4, 0.5) is 0 Å². The number of aromatic nitrogens is 2. The summed E-state index contributed by atoms with van der Waals surface area (Å²) in [5, 5.41) is 4.01. The molecule has 166 valence electrons. The molecule has 2 aliphatic heterocycles. The molecule has 0 radical (unpaired) electrons. The summed E-state index contributed by atoms with van der Waals surface area (Å²) in [6.45, 7) is 8.46. The molecule has 4 rings (SSSR count). The van der Waals surface area contributed by atoms with Crippen LogP contribution < -0.4 is 0 Å². The first-order valence-corrected chi connectivity index (χ1v) is 11.2. The van der Waals surface area contributed by atoms with Crippen molar-refractivity contribution in [2.24, 2.45) is 0 Å². The Labute approximate surface area is 183 Å². The SMILES string of the molecule is CCc1noc(C)c1C(=O)N1CCC(c2ccc(C(=O)N3CCN(C)CC3)cn2)CC1. The van der Waals surface area contributed by atoms with Crippen molar-refractivity contribution in [3.63, 3.8) is 0 Å². The van der Waals surface area contributed by atoms with Gasteiger partial charge in [-0.2, -0.15) is 0 Å². The van der Waals surface area contributed by atoms with E-state index in [9.17, 15) is 9.59 Å². The minimum absolute atomic E-state index is 0.00938. The van der Waals surface area contributed by atoms with Gasteiger partial charge in [0.15, 0.2) is 0 Å². The molecular formula is C23H31N5O3. The van der Waals surface area contributed by atoms with E-state index in [1.54, 1.807) is 13.1 Å². The van der Waals surface area contributed by atoms with Gasteiger partial charge in [0.2, 0.25) is 0 Å². The summed E-state index contributed by atoms with van der Waals surface area (Å²) in [6.07, 6.45) is 4.10. The predicted molar refractivity (Wildman–Crippen MR) is 116 cm³/mol. The fraction of sp³-hybridized carbons (Fsp3) is 0.565. The van der Waals surface area contributed by atoms with Crippen LogP contribution in [0.2, 0.25) is 0 Å². The minimum atomic E-state index is 0.00938. The van der Waals surface area contributed by atoms with Gasteiger partial charge in [0.1, 0.15) is 11.3 Å². The summed E-state index contributed by atoms with van der Waals surface area (Å²) in [4.78, 5) is 36.3. The maximum atomic E-state index is 13.0. The number of piperidine rings is 1. The highest BCUT2D eigenvalue weighted by Gasteiger charge is 2.29. The normalized spacial score (nSPS) is 18.4. The molecule has 0 aromatic carbocycles. The van der Waals surface area contributed by atoms with E-state index in [0.717, 1.165) is 50.4 Å². The first-order chi connectivity index (χ1) is 15.0. The lowest BCUT2D eigenvalue weighted by Gasteiger charge is -2.33. The van der Waals surface area contributed by atoms with Gasteiger partial charge < -0.3 is 19.2 Å². The Bertz CT molecular complexity index is 923. The van der Waals surface area contributed by atoms with E-state index in [1.807, 2.05) is 28.9 Å². The number of aryl methyl sites for hydroxylation is 2. The number of hydrogen-bond acceptors (Lipinski definition) is 6. The van der Waals surface area contributed by atoms with Crippen LogP contribution in [0.3, 0.4) is 0 Å². The Balaban J connectivity index is 1.35. The number of pyridine rings is 1. The lowest BCUT2D eigenvalue weighted by molar-refractivity contribution is 0.0661. The standard InChI is InChI=1S/C23H31N5O3/c1-4-19-21(16(2)31-25-19)23(30)27-9-7-17(8-10-27)20-6-5-18(15-24-20)22(29)28-13-11-26(3)12-14-28/h5-6,15,17H,4,7-14H2,1-3H3. The molecule has 0 N–H and O–H groups in total. The van der Waals surface area contributed by atoms with Crippen LogP contribution in [-0.4, -0.2) is 83.0 Å². The molecule has 8 heteroatoms. The average Bonchev–Trinajstić information content (AvgIpc) is 3.19. The van der Waals surface area contributed by atoms with E-state index < -0.39 is 0 Å². The van der Waals surface area contributed by atoms with Crippen molar-refractivity contribution in [2.75, 3.05) is 46.3 Å². The molecule has 0 unspecified atom stereocenters. The Morgan fingerprint density at radius 1 is 1.03 bits per heavy atom. The van der Waals surface area contributed by atoms with Gasteiger partial charge in [-0.1, -0.05) is 12.1 Å². The van der Waals surface area contributed by atoms with Gasteiger partial charge >= 0.3 is 0 Å². The number of piperazine rings is 1. The quantitative estimate of drug-likeness (QED) is 0.748. The predicted octanol–water partition coefficient (Wildman–Crippen LogP) is 2.35. The number of carbonyl (C=O) groups excluding carboxylic acids is 2. The highest BCUT2D eigenvalue weighted by molar-refractivity contribution is 5.96. The molecule has 2 saturated heterocycles. The molecule has 31 heavy (non-hydrogen) atoms. The van der Waals surface area contributed by atoms with Gasteiger partial charge in [-0.25, -0.2) is 0 Å². The first kappa shape index (κ1) is 21.5. The molecule has 8 nitrogen and oxygen atoms in total. The van der Waals surface area contributed by atoms with E-state index in [-0.39, 0.29) is 11.8 Å². The lowest BCUT2D eigenvalue weighted by atomic mass is 9.92. The van der Waals surface area contributed by atoms with Crippen molar-refractivity contribution < 1.29 is 14.1 Å². The van der Waals surface area contributed by atoms with Crippen LogP contribution in [0.1, 0.15) is 63.5 Å². The smallest absolute Gasteiger partial charge is 0.259 e. The first-order valence-electron chi connectivity index (χ1n) is 11.2. The fourth-order valence-corrected chi connectivity index (χ4v) is 4.44. The molecule has 2 amide bonds. The van der Waals surface area contributed by atoms with Crippen LogP contribution in [-0.2, 0) is 6.42 Å². The van der Waals surface area contributed by atoms with Gasteiger partial charge in [0, 0.05) is 57.1 Å². The molecule has 2 fully saturated rings. The van der Waals surface area contributed by atoms with Crippen molar-refractivity contribution in [2.45, 2.75) is 39.0 Å². The number of hydrogen-bond donors (Lipinski definition) is 0. The van der Waals surface area contributed by atoms with Crippen LogP contribution in [0, 0.1) is 6.92 Å². The molecule has 0 atom stereocenters. The topological polar surface area (TPSA) is 82.8 Å². The number of likely N-dealkylation sites (tertiary alicyclic amines) is 1. The Morgan fingerprint density at radius 2 is 1.71 bits per heavy atom. The maximum Gasteiger partial charge on any atom is 0.259 e. The van der Waals surface area contributed by atoms with Crippen molar-refractivity contribution in [1.82, 2.24) is 24.8 Å². The lowest BCUT2D eigenvalue weighted by Crippen LogP contribution is -2.47. The van der Waals surface area contributed by atoms with Gasteiger partial charge in [-0.15, -0.1) is 0 Å². The summed E-state index contributed by atoms with van der Waals surface area (Å²) in [5.74, 6) is 0.954. The van der Waals surface area contributed by atoms with E-state index in [1.165, 1.54) is 0 Å². The van der Waals surface area contributed by atoms with Crippen molar-refractivity contribution in [3.05, 3.63) is 46.6 Å². The molecule has 4 heterocycles. The zero-order valence-electron chi connectivity index (χ0n) is 18.6. The summed E-state index contributed by atoms with van der Waals surface area (Å²) in [5.41, 5.74) is 2.99. The second-order valence-corrected chi connectivity index (χ2v) is 8.55. The monoisotopic (exact) mass is 425 g/mol. The number of carbonyl (C=O) groups is 2. The maximum absolute atomic E-state index is 13.0. The highest BCUT2D eigenvalue weighted by atomic mass is 16.5. The Hall–Kier alpha value is -2.74. The Kier molecular flexibility index (Phi) is 6.36. The van der Waals surface area contributed by atoms with Crippen molar-refractivity contribution >= 4 is 11.8 Å². The van der Waals surface area contributed by atoms with Gasteiger partial charge in [-0.3, -0.25) is 14.6 Å². The fourth-order valence-electron chi connectivity index (χ4n) is 4.44. The average molecular weight is 426 g/mol. The summed E-state index contributed by atoms with van der Waals surface area (Å²) in [6, 6.07) is 3.87. The molecule has 2 aromatic heterocycles. The van der Waals surface area contributed by atoms with Crippen molar-refractivity contribution in [1.29, 1.82) is 0 Å². The van der Waals surface area contributed by atoms with Crippen LogP contribution in [0.5, 0.6) is 0 Å². The van der Waals surface area contributed by atoms with E-state index in [4.69, 9.17) is 4.52 Å². The number of likely N-dealkylation sites (N-methyl/N-ethyl adjacent to an activating group) is 1. The number of nitrogens with zero attached hydrogens (tertiary/aromatic N) is 5. The van der Waals surface area contributed by atoms with Gasteiger partial charge in [0.25, 0.3) is 11.8 Å². The van der Waals surface area contributed by atoms with Crippen molar-refractivity contribution in [3.8, 4) is 0 Å². The molecule has 0 saturated carbocycles. The molecular weight excluding hydrogens is 394 g/mol. The molecule has 0 aliphatic carbocycles. The van der Waals surface area contributed by atoms with E-state index in [0.29, 0.717) is 42.3 Å². The second kappa shape index (κ2) is 9.18. The van der Waals surface area contributed by atoms with E-state index >= 15 is 0 Å². The largest absolute Gasteiger partial charge is 0.361 e. The van der Waals surface area contributed by atoms with Gasteiger partial charge in [-0.05, 0) is 45.4 Å². The van der Waals surface area contributed by atoms with Crippen LogP contribution >= 0.6 is 0 Å².